The van der Waals surface area contributed by atoms with Gasteiger partial charge < -0.3 is 5.32 Å². The van der Waals surface area contributed by atoms with Crippen molar-refractivity contribution in [2.24, 2.45) is 0 Å². The van der Waals surface area contributed by atoms with Crippen LogP contribution < -0.4 is 5.32 Å². The van der Waals surface area contributed by atoms with Gasteiger partial charge in [0.1, 0.15) is 5.82 Å². The average Bonchev–Trinajstić information content (AvgIpc) is 2.71. The van der Waals surface area contributed by atoms with Crippen molar-refractivity contribution in [3.8, 4) is 0 Å². The normalized spacial score (nSPS) is 10.6. The highest BCUT2D eigenvalue weighted by Gasteiger charge is 2.04. The Morgan fingerprint density at radius 1 is 1.24 bits per heavy atom. The van der Waals surface area contributed by atoms with E-state index in [0.29, 0.717) is 0 Å². The fraction of sp³-hybridized carbons (Fsp3) is 0. The number of rotatable bonds is 2. The van der Waals surface area contributed by atoms with Crippen molar-refractivity contribution in [2.75, 3.05) is 5.32 Å². The number of pyridine rings is 1. The maximum Gasteiger partial charge on any atom is 0.188 e. The number of benzene rings is 1. The summed E-state index contributed by atoms with van der Waals surface area (Å²) in [7, 11) is 0. The maximum absolute atomic E-state index is 13.0. The smallest absolute Gasteiger partial charge is 0.188 e. The lowest BCUT2D eigenvalue weighted by atomic mass is 10.3. The first kappa shape index (κ1) is 10.2. The van der Waals surface area contributed by atoms with Crippen molar-refractivity contribution < 1.29 is 4.39 Å². The number of hydrogen-bond donors (Lipinski definition) is 1. The molecule has 1 N–H and O–H groups in total. The molecule has 5 heteroatoms. The molecular formula is C12H8FN3S. The molecule has 0 fully saturated rings. The zero-order valence-electron chi connectivity index (χ0n) is 8.72. The molecule has 0 amide bonds. The molecular weight excluding hydrogens is 237 g/mol. The standard InChI is InChI=1S/C12H8FN3S/c13-8-3-4-10-11(6-8)17-12(16-10)15-9-2-1-5-14-7-9/h1-7H,(H,15,16). The van der Waals surface area contributed by atoms with Gasteiger partial charge in [0.25, 0.3) is 0 Å². The van der Waals surface area contributed by atoms with Crippen LogP contribution in [-0.2, 0) is 0 Å². The average molecular weight is 245 g/mol. The van der Waals surface area contributed by atoms with Gasteiger partial charge in [-0.3, -0.25) is 4.98 Å². The quantitative estimate of drug-likeness (QED) is 0.750. The number of aromatic nitrogens is 2. The van der Waals surface area contributed by atoms with E-state index in [1.165, 1.54) is 23.5 Å². The number of nitrogens with zero attached hydrogens (tertiary/aromatic N) is 2. The molecule has 84 valence electrons. The summed E-state index contributed by atoms with van der Waals surface area (Å²) in [4.78, 5) is 8.37. The molecule has 0 unspecified atom stereocenters. The van der Waals surface area contributed by atoms with E-state index < -0.39 is 0 Å². The van der Waals surface area contributed by atoms with Gasteiger partial charge in [-0.25, -0.2) is 9.37 Å². The van der Waals surface area contributed by atoms with E-state index in [1.807, 2.05) is 12.1 Å². The lowest BCUT2D eigenvalue weighted by molar-refractivity contribution is 0.630. The van der Waals surface area contributed by atoms with E-state index in [1.54, 1.807) is 18.5 Å². The predicted octanol–water partition coefficient (Wildman–Crippen LogP) is 3.57. The Balaban J connectivity index is 1.96. The van der Waals surface area contributed by atoms with Crippen LogP contribution in [0, 0.1) is 5.82 Å². The fourth-order valence-electron chi connectivity index (χ4n) is 1.51. The highest BCUT2D eigenvalue weighted by atomic mass is 32.1. The predicted molar refractivity (Wildman–Crippen MR) is 67.1 cm³/mol. The SMILES string of the molecule is Fc1ccc2nc(Nc3cccnc3)sc2c1. The molecule has 3 nitrogen and oxygen atoms in total. The van der Waals surface area contributed by atoms with Crippen LogP contribution in [0.4, 0.5) is 15.2 Å². The number of thiazole rings is 1. The molecule has 2 heterocycles. The van der Waals surface area contributed by atoms with E-state index in [2.05, 4.69) is 15.3 Å². The Morgan fingerprint density at radius 3 is 3.00 bits per heavy atom. The van der Waals surface area contributed by atoms with Crippen LogP contribution in [0.25, 0.3) is 10.2 Å². The van der Waals surface area contributed by atoms with Crippen LogP contribution in [0.15, 0.2) is 42.7 Å². The van der Waals surface area contributed by atoms with E-state index >= 15 is 0 Å². The van der Waals surface area contributed by atoms with Crippen molar-refractivity contribution in [3.63, 3.8) is 0 Å². The Morgan fingerprint density at radius 2 is 2.18 bits per heavy atom. The minimum atomic E-state index is -0.242. The van der Waals surface area contributed by atoms with E-state index in [-0.39, 0.29) is 5.82 Å². The maximum atomic E-state index is 13.0. The summed E-state index contributed by atoms with van der Waals surface area (Å²) in [5.41, 5.74) is 1.66. The van der Waals surface area contributed by atoms with Gasteiger partial charge in [0.2, 0.25) is 0 Å². The third-order valence-electron chi connectivity index (χ3n) is 2.26. The summed E-state index contributed by atoms with van der Waals surface area (Å²) in [6, 6.07) is 8.32. The van der Waals surface area contributed by atoms with Gasteiger partial charge in [-0.1, -0.05) is 11.3 Å². The van der Waals surface area contributed by atoms with Crippen molar-refractivity contribution in [2.45, 2.75) is 0 Å². The first-order valence-electron chi connectivity index (χ1n) is 5.04. The second kappa shape index (κ2) is 4.10. The van der Waals surface area contributed by atoms with Crippen molar-refractivity contribution in [3.05, 3.63) is 48.5 Å². The zero-order valence-corrected chi connectivity index (χ0v) is 9.54. The van der Waals surface area contributed by atoms with Crippen LogP contribution in [0.2, 0.25) is 0 Å². The lowest BCUT2D eigenvalue weighted by Crippen LogP contribution is -1.88. The number of hydrogen-bond acceptors (Lipinski definition) is 4. The second-order valence-corrected chi connectivity index (χ2v) is 4.53. The summed E-state index contributed by atoms with van der Waals surface area (Å²) >= 11 is 1.42. The molecule has 0 saturated carbocycles. The topological polar surface area (TPSA) is 37.8 Å². The summed E-state index contributed by atoms with van der Waals surface area (Å²) in [6.07, 6.45) is 3.42. The molecule has 0 atom stereocenters. The monoisotopic (exact) mass is 245 g/mol. The van der Waals surface area contributed by atoms with Gasteiger partial charge in [0, 0.05) is 6.20 Å². The molecule has 2 aromatic heterocycles. The van der Waals surface area contributed by atoms with Gasteiger partial charge in [0.15, 0.2) is 5.13 Å². The molecule has 0 bridgehead atoms. The van der Waals surface area contributed by atoms with Crippen molar-refractivity contribution in [1.82, 2.24) is 9.97 Å². The van der Waals surface area contributed by atoms with Gasteiger partial charge >= 0.3 is 0 Å². The summed E-state index contributed by atoms with van der Waals surface area (Å²) < 4.78 is 13.9. The number of nitrogens with one attached hydrogen (secondary N) is 1. The highest BCUT2D eigenvalue weighted by Crippen LogP contribution is 2.28. The van der Waals surface area contributed by atoms with Gasteiger partial charge in [0.05, 0.1) is 22.1 Å². The Kier molecular flexibility index (Phi) is 2.45. The first-order valence-corrected chi connectivity index (χ1v) is 5.86. The second-order valence-electron chi connectivity index (χ2n) is 3.50. The van der Waals surface area contributed by atoms with Crippen LogP contribution >= 0.6 is 11.3 Å². The van der Waals surface area contributed by atoms with Crippen LogP contribution in [0.1, 0.15) is 0 Å². The van der Waals surface area contributed by atoms with E-state index in [0.717, 1.165) is 21.0 Å². The molecule has 3 aromatic rings. The molecule has 1 aromatic carbocycles. The van der Waals surface area contributed by atoms with Gasteiger partial charge in [-0.05, 0) is 30.3 Å². The number of anilines is 2. The van der Waals surface area contributed by atoms with E-state index in [4.69, 9.17) is 0 Å². The van der Waals surface area contributed by atoms with Crippen molar-refractivity contribution >= 4 is 32.4 Å². The summed E-state index contributed by atoms with van der Waals surface area (Å²) in [5.74, 6) is -0.242. The first-order chi connectivity index (χ1) is 8.31. The highest BCUT2D eigenvalue weighted by molar-refractivity contribution is 7.22. The zero-order chi connectivity index (χ0) is 11.7. The largest absolute Gasteiger partial charge is 0.330 e. The fourth-order valence-corrected chi connectivity index (χ4v) is 2.42. The molecule has 0 aliphatic rings. The minimum absolute atomic E-state index is 0.242. The summed E-state index contributed by atoms with van der Waals surface area (Å²) in [6.45, 7) is 0. The number of halogens is 1. The summed E-state index contributed by atoms with van der Waals surface area (Å²) in [5, 5.41) is 3.87. The molecule has 3 rings (SSSR count). The number of fused-ring (bicyclic) bond motifs is 1. The van der Waals surface area contributed by atoms with Crippen LogP contribution in [0.3, 0.4) is 0 Å². The molecule has 0 spiro atoms. The molecule has 0 saturated heterocycles. The van der Waals surface area contributed by atoms with E-state index in [9.17, 15) is 4.39 Å². The molecule has 17 heavy (non-hydrogen) atoms. The Hall–Kier alpha value is -2.01. The van der Waals surface area contributed by atoms with Crippen molar-refractivity contribution in [1.29, 1.82) is 0 Å². The van der Waals surface area contributed by atoms with Gasteiger partial charge in [-0.2, -0.15) is 0 Å². The molecule has 0 aliphatic carbocycles. The lowest BCUT2D eigenvalue weighted by Gasteiger charge is -1.99. The third-order valence-corrected chi connectivity index (χ3v) is 3.20. The Labute approximate surface area is 101 Å². The Bertz CT molecular complexity index is 651. The third kappa shape index (κ3) is 2.09. The molecule has 0 radical (unpaired) electrons. The van der Waals surface area contributed by atoms with Crippen LogP contribution in [-0.4, -0.2) is 9.97 Å². The van der Waals surface area contributed by atoms with Gasteiger partial charge in [-0.15, -0.1) is 0 Å². The minimum Gasteiger partial charge on any atom is -0.330 e. The molecule has 0 aliphatic heterocycles. The van der Waals surface area contributed by atoms with Crippen LogP contribution in [0.5, 0.6) is 0 Å².